The van der Waals surface area contributed by atoms with Crippen molar-refractivity contribution in [3.63, 3.8) is 0 Å². The van der Waals surface area contributed by atoms with Gasteiger partial charge >= 0.3 is 0 Å². The largest absolute Gasteiger partial charge is 0.350 e. The Labute approximate surface area is 253 Å². The molecule has 3 aromatic carbocycles. The first-order chi connectivity index (χ1) is 19.0. The quantitative estimate of drug-likeness (QED) is 0.299. The second-order valence-electron chi connectivity index (χ2n) is 11.3. The van der Waals surface area contributed by atoms with E-state index in [1.807, 2.05) is 46.8 Å². The first-order valence-corrected chi connectivity index (χ1v) is 15.4. The van der Waals surface area contributed by atoms with Crippen LogP contribution < -0.4 is 9.62 Å². The van der Waals surface area contributed by atoms with E-state index in [4.69, 9.17) is 23.2 Å². The number of anilines is 1. The van der Waals surface area contributed by atoms with Crippen molar-refractivity contribution in [2.45, 2.75) is 71.5 Å². The van der Waals surface area contributed by atoms with Gasteiger partial charge in [0.05, 0.1) is 20.6 Å². The lowest BCUT2D eigenvalue weighted by Gasteiger charge is -2.34. The third-order valence-electron chi connectivity index (χ3n) is 6.52. The van der Waals surface area contributed by atoms with E-state index in [2.05, 4.69) is 5.32 Å². The summed E-state index contributed by atoms with van der Waals surface area (Å²) in [6.07, 6.45) is 0. The molecular formula is C31H37Cl2N3O4S. The number of benzene rings is 3. The maximum absolute atomic E-state index is 14.1. The Morgan fingerprint density at radius 3 is 2.07 bits per heavy atom. The number of carbonyl (C=O) groups excluding carboxylic acids is 2. The summed E-state index contributed by atoms with van der Waals surface area (Å²) in [5, 5.41) is 3.58. The van der Waals surface area contributed by atoms with Gasteiger partial charge in [0.15, 0.2) is 0 Å². The van der Waals surface area contributed by atoms with Crippen molar-refractivity contribution in [3.8, 4) is 0 Å². The molecule has 0 saturated carbocycles. The predicted molar refractivity (Wildman–Crippen MR) is 166 cm³/mol. The highest BCUT2D eigenvalue weighted by molar-refractivity contribution is 7.92. The van der Waals surface area contributed by atoms with Crippen LogP contribution in [-0.2, 0) is 26.2 Å². The molecule has 0 aromatic heterocycles. The average Bonchev–Trinajstić information content (AvgIpc) is 2.88. The summed E-state index contributed by atoms with van der Waals surface area (Å²) < 4.78 is 29.2. The fourth-order valence-corrected chi connectivity index (χ4v) is 6.02. The zero-order valence-electron chi connectivity index (χ0n) is 24.5. The van der Waals surface area contributed by atoms with Gasteiger partial charge in [-0.25, -0.2) is 8.42 Å². The summed E-state index contributed by atoms with van der Waals surface area (Å²) in [4.78, 5) is 28.8. The molecule has 41 heavy (non-hydrogen) atoms. The Morgan fingerprint density at radius 1 is 0.878 bits per heavy atom. The predicted octanol–water partition coefficient (Wildman–Crippen LogP) is 6.45. The minimum absolute atomic E-state index is 0.0136. The summed E-state index contributed by atoms with van der Waals surface area (Å²) in [6, 6.07) is 16.0. The molecule has 10 heteroatoms. The molecule has 0 aliphatic heterocycles. The molecule has 3 rings (SSSR count). The van der Waals surface area contributed by atoms with E-state index in [9.17, 15) is 18.0 Å². The number of halogens is 2. The number of nitrogens with zero attached hydrogens (tertiary/aromatic N) is 2. The molecule has 7 nitrogen and oxygen atoms in total. The lowest BCUT2D eigenvalue weighted by molar-refractivity contribution is -0.140. The third kappa shape index (κ3) is 8.24. The Kier molecular flexibility index (Phi) is 10.2. The fourth-order valence-electron chi connectivity index (χ4n) is 4.23. The van der Waals surface area contributed by atoms with Crippen LogP contribution in [0.4, 0.5) is 5.69 Å². The van der Waals surface area contributed by atoms with Crippen molar-refractivity contribution in [3.05, 3.63) is 93.0 Å². The van der Waals surface area contributed by atoms with Gasteiger partial charge in [0.1, 0.15) is 12.6 Å². The molecule has 0 bridgehead atoms. The van der Waals surface area contributed by atoms with Gasteiger partial charge in [-0.2, -0.15) is 0 Å². The molecule has 0 fully saturated rings. The van der Waals surface area contributed by atoms with Crippen LogP contribution in [0, 0.1) is 20.8 Å². The molecule has 220 valence electrons. The highest BCUT2D eigenvalue weighted by atomic mass is 35.5. The molecule has 1 N–H and O–H groups in total. The summed E-state index contributed by atoms with van der Waals surface area (Å²) in [7, 11) is -4.15. The smallest absolute Gasteiger partial charge is 0.264 e. The third-order valence-corrected chi connectivity index (χ3v) is 9.04. The highest BCUT2D eigenvalue weighted by Crippen LogP contribution is 2.29. The number of rotatable bonds is 9. The van der Waals surface area contributed by atoms with E-state index in [1.165, 1.54) is 17.0 Å². The number of amides is 2. The minimum atomic E-state index is -4.15. The van der Waals surface area contributed by atoms with Gasteiger partial charge in [-0.3, -0.25) is 13.9 Å². The molecule has 3 aromatic rings. The van der Waals surface area contributed by atoms with Gasteiger partial charge in [0.2, 0.25) is 11.8 Å². The van der Waals surface area contributed by atoms with Gasteiger partial charge in [0.25, 0.3) is 10.0 Å². The van der Waals surface area contributed by atoms with Crippen LogP contribution in [0.2, 0.25) is 10.0 Å². The van der Waals surface area contributed by atoms with Gasteiger partial charge in [-0.1, -0.05) is 59.1 Å². The highest BCUT2D eigenvalue weighted by Gasteiger charge is 2.34. The first kappa shape index (κ1) is 32.4. The molecule has 0 aliphatic rings. The van der Waals surface area contributed by atoms with Crippen LogP contribution in [-0.4, -0.2) is 43.3 Å². The van der Waals surface area contributed by atoms with Crippen molar-refractivity contribution < 1.29 is 18.0 Å². The lowest BCUT2D eigenvalue weighted by atomic mass is 10.1. The van der Waals surface area contributed by atoms with E-state index in [0.29, 0.717) is 26.9 Å². The average molecular weight is 619 g/mol. The van der Waals surface area contributed by atoms with Gasteiger partial charge in [0, 0.05) is 12.1 Å². The van der Waals surface area contributed by atoms with Crippen LogP contribution in [0.3, 0.4) is 0 Å². The molecule has 0 heterocycles. The van der Waals surface area contributed by atoms with Crippen molar-refractivity contribution in [2.24, 2.45) is 0 Å². The second-order valence-corrected chi connectivity index (χ2v) is 14.0. The number of nitrogens with one attached hydrogen (secondary N) is 1. The monoisotopic (exact) mass is 617 g/mol. The second kappa shape index (κ2) is 12.8. The Hall–Kier alpha value is -3.07. The van der Waals surface area contributed by atoms with E-state index >= 15 is 0 Å². The molecule has 0 saturated heterocycles. The van der Waals surface area contributed by atoms with Crippen LogP contribution in [0.1, 0.15) is 49.9 Å². The van der Waals surface area contributed by atoms with Gasteiger partial charge in [-0.05, 0) is 95.5 Å². The van der Waals surface area contributed by atoms with Gasteiger partial charge < -0.3 is 10.2 Å². The summed E-state index contributed by atoms with van der Waals surface area (Å²) in [5.41, 5.74) is 2.93. The van der Waals surface area contributed by atoms with Crippen molar-refractivity contribution >= 4 is 50.7 Å². The molecule has 2 amide bonds. The summed E-state index contributed by atoms with van der Waals surface area (Å²) in [5.74, 6) is -0.921. The maximum atomic E-state index is 14.1. The first-order valence-electron chi connectivity index (χ1n) is 13.2. The van der Waals surface area contributed by atoms with Crippen LogP contribution >= 0.6 is 23.2 Å². The van der Waals surface area contributed by atoms with Crippen molar-refractivity contribution in [1.29, 1.82) is 0 Å². The van der Waals surface area contributed by atoms with Gasteiger partial charge in [-0.15, -0.1) is 0 Å². The number of hydrogen-bond acceptors (Lipinski definition) is 4. The van der Waals surface area contributed by atoms with Crippen LogP contribution in [0.5, 0.6) is 0 Å². The number of aryl methyl sites for hydroxylation is 3. The number of hydrogen-bond donors (Lipinski definition) is 1. The van der Waals surface area contributed by atoms with E-state index < -0.39 is 34.1 Å². The molecule has 0 radical (unpaired) electrons. The standard InChI is InChI=1S/C31H37Cl2N3O4S/c1-20-9-13-25(14-10-20)41(39,40)36(28-16-21(2)8-11-22(28)3)19-29(37)35(23(4)30(38)34-31(5,6)7)18-24-12-15-26(32)27(33)17-24/h8-17,23H,18-19H2,1-7H3,(H,34,38)/t23-/m0/s1. The molecular weight excluding hydrogens is 581 g/mol. The normalized spacial score (nSPS) is 12.5. The number of sulfonamides is 1. The Bertz CT molecular complexity index is 1530. The lowest BCUT2D eigenvalue weighted by Crippen LogP contribution is -2.54. The minimum Gasteiger partial charge on any atom is -0.350 e. The maximum Gasteiger partial charge on any atom is 0.264 e. The van der Waals surface area contributed by atoms with Crippen molar-refractivity contribution in [2.75, 3.05) is 10.8 Å². The zero-order valence-corrected chi connectivity index (χ0v) is 26.8. The fraction of sp³-hybridized carbons (Fsp3) is 0.355. The Morgan fingerprint density at radius 2 is 1.49 bits per heavy atom. The van der Waals surface area contributed by atoms with Crippen LogP contribution in [0.15, 0.2) is 65.6 Å². The topological polar surface area (TPSA) is 86.8 Å². The molecule has 0 spiro atoms. The van der Waals surface area contributed by atoms with E-state index in [1.54, 1.807) is 50.2 Å². The molecule has 0 aliphatic carbocycles. The summed E-state index contributed by atoms with van der Waals surface area (Å²) in [6.45, 7) is 12.2. The SMILES string of the molecule is Cc1ccc(S(=O)(=O)N(CC(=O)N(Cc2ccc(Cl)c(Cl)c2)[C@@H](C)C(=O)NC(C)(C)C)c2cc(C)ccc2C)cc1. The summed E-state index contributed by atoms with van der Waals surface area (Å²) >= 11 is 12.3. The van der Waals surface area contributed by atoms with E-state index in [0.717, 1.165) is 15.4 Å². The zero-order chi connectivity index (χ0) is 30.7. The van der Waals surface area contributed by atoms with Crippen molar-refractivity contribution in [1.82, 2.24) is 10.2 Å². The number of carbonyl (C=O) groups is 2. The molecule has 1 atom stereocenters. The molecule has 0 unspecified atom stereocenters. The van der Waals surface area contributed by atoms with Crippen LogP contribution in [0.25, 0.3) is 0 Å². The van der Waals surface area contributed by atoms with E-state index in [-0.39, 0.29) is 17.3 Å². The Balaban J connectivity index is 2.09.